The topological polar surface area (TPSA) is 55.1 Å². The van der Waals surface area contributed by atoms with Gasteiger partial charge in [-0.25, -0.2) is 9.78 Å². The summed E-state index contributed by atoms with van der Waals surface area (Å²) in [4.78, 5) is 14.8. The highest BCUT2D eigenvalue weighted by molar-refractivity contribution is 5.81. The Kier molecular flexibility index (Phi) is 7.38. The highest BCUT2D eigenvalue weighted by Gasteiger charge is 2.31. The third-order valence-electron chi connectivity index (χ3n) is 5.46. The molecule has 1 aliphatic carbocycles. The smallest absolute Gasteiger partial charge is 0.328 e. The first kappa shape index (κ1) is 21.7. The van der Waals surface area contributed by atoms with Crippen molar-refractivity contribution in [2.75, 3.05) is 0 Å². The molecule has 1 aliphatic rings. The van der Waals surface area contributed by atoms with Crippen LogP contribution < -0.4 is 0 Å². The number of rotatable bonds is 7. The zero-order chi connectivity index (χ0) is 20.7. The van der Waals surface area contributed by atoms with Crippen LogP contribution in [0.4, 0.5) is 0 Å². The summed E-state index contributed by atoms with van der Waals surface area (Å²) in [5, 5.41) is 8.75. The fourth-order valence-electron chi connectivity index (χ4n) is 3.74. The van der Waals surface area contributed by atoms with Crippen LogP contribution in [0.5, 0.6) is 0 Å². The van der Waals surface area contributed by atoms with Gasteiger partial charge in [-0.2, -0.15) is 0 Å². The second-order valence-electron chi connectivity index (χ2n) is 8.31. The molecule has 150 valence electrons. The number of carboxylic acid groups (broad SMARTS) is 1. The lowest BCUT2D eigenvalue weighted by molar-refractivity contribution is -0.131. The predicted octanol–water partition coefficient (Wildman–Crippen LogP) is 5.73. The van der Waals surface area contributed by atoms with Crippen LogP contribution in [0.3, 0.4) is 0 Å². The van der Waals surface area contributed by atoms with Crippen molar-refractivity contribution < 1.29 is 9.90 Å². The molecule has 0 aromatic carbocycles. The van der Waals surface area contributed by atoms with E-state index in [1.54, 1.807) is 6.92 Å². The van der Waals surface area contributed by atoms with Crippen molar-refractivity contribution in [3.63, 3.8) is 0 Å². The van der Waals surface area contributed by atoms with E-state index >= 15 is 0 Å². The summed E-state index contributed by atoms with van der Waals surface area (Å²) in [5.41, 5.74) is 4.90. The number of aliphatic carboxylic acids is 1. The van der Waals surface area contributed by atoms with E-state index in [-0.39, 0.29) is 5.41 Å². The molecule has 1 heterocycles. The normalized spacial score (nSPS) is 21.1. The van der Waals surface area contributed by atoms with Crippen LogP contribution in [0.25, 0.3) is 0 Å². The Labute approximate surface area is 168 Å². The molecule has 1 aromatic rings. The van der Waals surface area contributed by atoms with E-state index in [0.717, 1.165) is 17.7 Å². The highest BCUT2D eigenvalue weighted by Crippen LogP contribution is 2.44. The second kappa shape index (κ2) is 9.54. The monoisotopic (exact) mass is 380 g/mol. The molecule has 2 rings (SSSR count). The molecule has 28 heavy (non-hydrogen) atoms. The van der Waals surface area contributed by atoms with E-state index in [1.165, 1.54) is 30.1 Å². The van der Waals surface area contributed by atoms with Gasteiger partial charge in [-0.15, -0.1) is 0 Å². The lowest BCUT2D eigenvalue weighted by atomic mass is 9.68. The minimum Gasteiger partial charge on any atom is -0.478 e. The van der Waals surface area contributed by atoms with Gasteiger partial charge in [-0.05, 0) is 56.1 Å². The SMILES string of the molecule is CC(C=CC1=C(C)C(Cn2ccnc2)CCC1(C)C)=CC=CC(C)=CC(=O)O. The van der Waals surface area contributed by atoms with Gasteiger partial charge >= 0.3 is 5.97 Å². The largest absolute Gasteiger partial charge is 0.478 e. The lowest BCUT2D eigenvalue weighted by Gasteiger charge is -2.37. The first-order chi connectivity index (χ1) is 13.2. The summed E-state index contributed by atoms with van der Waals surface area (Å²) < 4.78 is 2.16. The third kappa shape index (κ3) is 6.22. The summed E-state index contributed by atoms with van der Waals surface area (Å²) in [6.07, 6.45) is 19.4. The number of imidazole rings is 1. The zero-order valence-electron chi connectivity index (χ0n) is 17.6. The first-order valence-corrected chi connectivity index (χ1v) is 9.80. The molecule has 4 heteroatoms. The summed E-state index contributed by atoms with van der Waals surface area (Å²) in [6.45, 7) is 11.7. The Morgan fingerprint density at radius 3 is 2.71 bits per heavy atom. The molecule has 0 saturated carbocycles. The molecule has 0 fully saturated rings. The number of allylic oxidation sites excluding steroid dienone is 9. The van der Waals surface area contributed by atoms with E-state index < -0.39 is 5.97 Å². The fraction of sp³-hybridized carbons (Fsp3) is 0.417. The van der Waals surface area contributed by atoms with Crippen molar-refractivity contribution in [3.8, 4) is 0 Å². The summed E-state index contributed by atoms with van der Waals surface area (Å²) in [5.74, 6) is -0.384. The van der Waals surface area contributed by atoms with Crippen LogP contribution in [0.2, 0.25) is 0 Å². The number of hydrogen-bond acceptors (Lipinski definition) is 2. The van der Waals surface area contributed by atoms with Gasteiger partial charge in [0.05, 0.1) is 6.33 Å². The lowest BCUT2D eigenvalue weighted by Crippen LogP contribution is -2.26. The van der Waals surface area contributed by atoms with E-state index in [9.17, 15) is 4.79 Å². The number of hydrogen-bond donors (Lipinski definition) is 1. The molecule has 0 aliphatic heterocycles. The molecular formula is C24H32N2O2. The number of aromatic nitrogens is 2. The van der Waals surface area contributed by atoms with Crippen molar-refractivity contribution in [2.45, 2.75) is 54.0 Å². The average Bonchev–Trinajstić information content (AvgIpc) is 3.09. The molecule has 0 saturated heterocycles. The Balaban J connectivity index is 2.16. The van der Waals surface area contributed by atoms with Crippen molar-refractivity contribution in [2.24, 2.45) is 11.3 Å². The van der Waals surface area contributed by atoms with E-state index in [2.05, 4.69) is 49.4 Å². The molecule has 0 spiro atoms. The Morgan fingerprint density at radius 1 is 1.32 bits per heavy atom. The predicted molar refractivity (Wildman–Crippen MR) is 115 cm³/mol. The van der Waals surface area contributed by atoms with Crippen LogP contribution in [-0.4, -0.2) is 20.6 Å². The van der Waals surface area contributed by atoms with E-state index in [0.29, 0.717) is 5.92 Å². The minimum atomic E-state index is -0.921. The van der Waals surface area contributed by atoms with Gasteiger partial charge in [-0.1, -0.05) is 55.4 Å². The first-order valence-electron chi connectivity index (χ1n) is 9.80. The molecular weight excluding hydrogens is 348 g/mol. The van der Waals surface area contributed by atoms with Crippen molar-refractivity contribution >= 4 is 5.97 Å². The molecule has 0 bridgehead atoms. The molecule has 1 N–H and O–H groups in total. The van der Waals surface area contributed by atoms with Gasteiger partial charge in [0.1, 0.15) is 0 Å². The fourth-order valence-corrected chi connectivity index (χ4v) is 3.74. The van der Waals surface area contributed by atoms with Crippen LogP contribution in [0.15, 0.2) is 77.5 Å². The van der Waals surface area contributed by atoms with Crippen molar-refractivity contribution in [1.82, 2.24) is 9.55 Å². The molecule has 1 aromatic heterocycles. The quantitative estimate of drug-likeness (QED) is 0.486. The van der Waals surface area contributed by atoms with Gasteiger partial charge in [-0.3, -0.25) is 0 Å². The minimum absolute atomic E-state index is 0.170. The standard InChI is InChI=1S/C24H32N2O2/c1-18(7-6-8-19(2)15-23(27)28)9-10-22-20(3)21(11-12-24(22,4)5)16-26-14-13-25-17-26/h6-10,13-15,17,21H,11-12,16H2,1-5H3,(H,27,28). The van der Waals surface area contributed by atoms with Crippen molar-refractivity contribution in [3.05, 3.63) is 77.5 Å². The van der Waals surface area contributed by atoms with Gasteiger partial charge in [0.2, 0.25) is 0 Å². The molecule has 1 atom stereocenters. The third-order valence-corrected chi connectivity index (χ3v) is 5.46. The summed E-state index contributed by atoms with van der Waals surface area (Å²) >= 11 is 0. The number of carbonyl (C=O) groups is 1. The highest BCUT2D eigenvalue weighted by atomic mass is 16.4. The van der Waals surface area contributed by atoms with Gasteiger partial charge in [0, 0.05) is 25.0 Å². The maximum absolute atomic E-state index is 10.7. The molecule has 0 amide bonds. The van der Waals surface area contributed by atoms with E-state index in [1.807, 2.05) is 36.9 Å². The summed E-state index contributed by atoms with van der Waals surface area (Å²) in [6, 6.07) is 0. The Bertz CT molecular complexity index is 834. The van der Waals surface area contributed by atoms with E-state index in [4.69, 9.17) is 5.11 Å². The number of carboxylic acids is 1. The Hall–Kier alpha value is -2.62. The van der Waals surface area contributed by atoms with Crippen molar-refractivity contribution in [1.29, 1.82) is 0 Å². The Morgan fingerprint density at radius 2 is 2.07 bits per heavy atom. The molecule has 1 unspecified atom stereocenters. The molecule has 4 nitrogen and oxygen atoms in total. The summed E-state index contributed by atoms with van der Waals surface area (Å²) in [7, 11) is 0. The van der Waals surface area contributed by atoms with Gasteiger partial charge < -0.3 is 9.67 Å². The average molecular weight is 381 g/mol. The van der Waals surface area contributed by atoms with Crippen LogP contribution >= 0.6 is 0 Å². The zero-order valence-corrected chi connectivity index (χ0v) is 17.6. The van der Waals surface area contributed by atoms with Crippen LogP contribution in [-0.2, 0) is 11.3 Å². The molecule has 0 radical (unpaired) electrons. The van der Waals surface area contributed by atoms with Crippen LogP contribution in [0, 0.1) is 11.3 Å². The maximum atomic E-state index is 10.7. The van der Waals surface area contributed by atoms with Crippen LogP contribution in [0.1, 0.15) is 47.5 Å². The van der Waals surface area contributed by atoms with Gasteiger partial charge in [0.15, 0.2) is 0 Å². The second-order valence-corrected chi connectivity index (χ2v) is 8.31. The van der Waals surface area contributed by atoms with Gasteiger partial charge in [0.25, 0.3) is 0 Å². The maximum Gasteiger partial charge on any atom is 0.328 e. The number of nitrogens with zero attached hydrogens (tertiary/aromatic N) is 2.